The maximum absolute atomic E-state index is 12.3. The van der Waals surface area contributed by atoms with Crippen molar-refractivity contribution in [1.82, 2.24) is 4.57 Å². The molecule has 3 nitrogen and oxygen atoms in total. The van der Waals surface area contributed by atoms with Crippen molar-refractivity contribution in [3.63, 3.8) is 0 Å². The van der Waals surface area contributed by atoms with Crippen LogP contribution >= 0.6 is 0 Å². The molecule has 2 heterocycles. The van der Waals surface area contributed by atoms with Crippen LogP contribution in [0.2, 0.25) is 0 Å². The summed E-state index contributed by atoms with van der Waals surface area (Å²) >= 11 is 0. The minimum atomic E-state index is 0.153. The molecule has 1 aromatic heterocycles. The van der Waals surface area contributed by atoms with Crippen molar-refractivity contribution >= 4 is 0 Å². The van der Waals surface area contributed by atoms with E-state index in [2.05, 4.69) is 19.9 Å². The van der Waals surface area contributed by atoms with Gasteiger partial charge in [0.25, 0.3) is 5.56 Å². The van der Waals surface area contributed by atoms with Crippen LogP contribution in [0.15, 0.2) is 10.9 Å². The van der Waals surface area contributed by atoms with Crippen LogP contribution in [0.5, 0.6) is 0 Å². The zero-order chi connectivity index (χ0) is 11.7. The van der Waals surface area contributed by atoms with Crippen molar-refractivity contribution in [2.45, 2.75) is 45.8 Å². The van der Waals surface area contributed by atoms with Gasteiger partial charge in [0.15, 0.2) is 0 Å². The van der Waals surface area contributed by atoms with Gasteiger partial charge in [0.05, 0.1) is 6.61 Å². The summed E-state index contributed by atoms with van der Waals surface area (Å²) in [5, 5.41) is 0. The molecule has 16 heavy (non-hydrogen) atoms. The van der Waals surface area contributed by atoms with Gasteiger partial charge in [-0.1, -0.05) is 13.8 Å². The molecular weight excluding hydrogens is 202 g/mol. The predicted octanol–water partition coefficient (Wildman–Crippen LogP) is 2.06. The smallest absolute Gasteiger partial charge is 0.256 e. The number of pyridine rings is 1. The fourth-order valence-electron chi connectivity index (χ4n) is 2.44. The molecular formula is C13H19NO2. The quantitative estimate of drug-likeness (QED) is 0.782. The molecule has 0 radical (unpaired) electrons. The summed E-state index contributed by atoms with van der Waals surface area (Å²) in [6, 6.07) is 2.19. The van der Waals surface area contributed by atoms with Crippen molar-refractivity contribution in [3.05, 3.63) is 33.2 Å². The van der Waals surface area contributed by atoms with E-state index in [4.69, 9.17) is 4.74 Å². The molecule has 2 rings (SSSR count). The standard InChI is InChI=1S/C13H19NO2/c1-9(2)11-7-10-5-4-6-14(10)13(15)12(11)8-16-3/h7,9H,4-6,8H2,1-3H3. The van der Waals surface area contributed by atoms with E-state index in [1.807, 2.05) is 4.57 Å². The van der Waals surface area contributed by atoms with Gasteiger partial charge in [-0.3, -0.25) is 4.79 Å². The summed E-state index contributed by atoms with van der Waals surface area (Å²) in [5.41, 5.74) is 3.33. The second-order valence-corrected chi connectivity index (χ2v) is 4.72. The monoisotopic (exact) mass is 221 g/mol. The molecule has 0 amide bonds. The van der Waals surface area contributed by atoms with Gasteiger partial charge in [0.1, 0.15) is 0 Å². The summed E-state index contributed by atoms with van der Waals surface area (Å²) in [7, 11) is 1.64. The van der Waals surface area contributed by atoms with E-state index < -0.39 is 0 Å². The van der Waals surface area contributed by atoms with E-state index in [9.17, 15) is 4.79 Å². The number of rotatable bonds is 3. The lowest BCUT2D eigenvalue weighted by Gasteiger charge is -2.15. The molecule has 88 valence electrons. The largest absolute Gasteiger partial charge is 0.380 e. The Morgan fingerprint density at radius 3 is 2.88 bits per heavy atom. The third kappa shape index (κ3) is 1.80. The van der Waals surface area contributed by atoms with Crippen molar-refractivity contribution in [3.8, 4) is 0 Å². The second-order valence-electron chi connectivity index (χ2n) is 4.72. The molecule has 0 aliphatic carbocycles. The average Bonchev–Trinajstić information content (AvgIpc) is 2.70. The lowest BCUT2D eigenvalue weighted by molar-refractivity contribution is 0.182. The molecule has 3 heteroatoms. The van der Waals surface area contributed by atoms with Gasteiger partial charge < -0.3 is 9.30 Å². The summed E-state index contributed by atoms with van der Waals surface area (Å²) in [6.45, 7) is 5.54. The molecule has 1 aliphatic rings. The van der Waals surface area contributed by atoms with Gasteiger partial charge in [-0.05, 0) is 30.4 Å². The first-order chi connectivity index (χ1) is 7.65. The first kappa shape index (κ1) is 11.4. The van der Waals surface area contributed by atoms with Crippen molar-refractivity contribution in [2.75, 3.05) is 7.11 Å². The van der Waals surface area contributed by atoms with Crippen LogP contribution in [0.4, 0.5) is 0 Å². The highest BCUT2D eigenvalue weighted by Gasteiger charge is 2.19. The Morgan fingerprint density at radius 1 is 1.50 bits per heavy atom. The Labute approximate surface area is 96.0 Å². The Kier molecular flexibility index (Phi) is 3.15. The molecule has 0 atom stereocenters. The zero-order valence-electron chi connectivity index (χ0n) is 10.2. The Bertz CT molecular complexity index is 446. The maximum Gasteiger partial charge on any atom is 0.256 e. The van der Waals surface area contributed by atoms with Crippen LogP contribution in [-0.4, -0.2) is 11.7 Å². The van der Waals surface area contributed by atoms with Crippen molar-refractivity contribution < 1.29 is 4.74 Å². The van der Waals surface area contributed by atoms with Crippen molar-refractivity contribution in [1.29, 1.82) is 0 Å². The van der Waals surface area contributed by atoms with Crippen LogP contribution in [0, 0.1) is 0 Å². The van der Waals surface area contributed by atoms with Crippen LogP contribution in [0.1, 0.15) is 43.0 Å². The highest BCUT2D eigenvalue weighted by atomic mass is 16.5. The van der Waals surface area contributed by atoms with E-state index in [-0.39, 0.29) is 5.56 Å². The zero-order valence-corrected chi connectivity index (χ0v) is 10.2. The number of ether oxygens (including phenoxy) is 1. The fourth-order valence-corrected chi connectivity index (χ4v) is 2.44. The highest BCUT2D eigenvalue weighted by molar-refractivity contribution is 5.31. The third-order valence-corrected chi connectivity index (χ3v) is 3.25. The van der Waals surface area contributed by atoms with E-state index >= 15 is 0 Å². The highest BCUT2D eigenvalue weighted by Crippen LogP contribution is 2.22. The summed E-state index contributed by atoms with van der Waals surface area (Å²) in [4.78, 5) is 12.3. The van der Waals surface area contributed by atoms with Gasteiger partial charge in [-0.2, -0.15) is 0 Å². The molecule has 0 N–H and O–H groups in total. The number of fused-ring (bicyclic) bond motifs is 1. The molecule has 1 aliphatic heterocycles. The second kappa shape index (κ2) is 4.42. The summed E-state index contributed by atoms with van der Waals surface area (Å²) < 4.78 is 7.05. The number of hydrogen-bond acceptors (Lipinski definition) is 2. The minimum Gasteiger partial charge on any atom is -0.380 e. The van der Waals surface area contributed by atoms with Gasteiger partial charge >= 0.3 is 0 Å². The van der Waals surface area contributed by atoms with Gasteiger partial charge in [0.2, 0.25) is 0 Å². The SMILES string of the molecule is COCc1c(C(C)C)cc2n(c1=O)CCC2. The first-order valence-electron chi connectivity index (χ1n) is 5.89. The van der Waals surface area contributed by atoms with Crippen LogP contribution in [-0.2, 0) is 24.3 Å². The number of aromatic nitrogens is 1. The molecule has 0 spiro atoms. The van der Waals surface area contributed by atoms with E-state index in [1.54, 1.807) is 7.11 Å². The van der Waals surface area contributed by atoms with Gasteiger partial charge in [-0.25, -0.2) is 0 Å². The molecule has 0 aromatic carbocycles. The molecule has 0 bridgehead atoms. The lowest BCUT2D eigenvalue weighted by Crippen LogP contribution is -2.26. The van der Waals surface area contributed by atoms with Gasteiger partial charge in [-0.15, -0.1) is 0 Å². The summed E-state index contributed by atoms with van der Waals surface area (Å²) in [5.74, 6) is 0.379. The molecule has 0 saturated heterocycles. The molecule has 0 saturated carbocycles. The normalized spacial score (nSPS) is 14.5. The Morgan fingerprint density at radius 2 is 2.25 bits per heavy atom. The number of nitrogens with zero attached hydrogens (tertiary/aromatic N) is 1. The van der Waals surface area contributed by atoms with Crippen LogP contribution in [0.25, 0.3) is 0 Å². The first-order valence-corrected chi connectivity index (χ1v) is 5.89. The van der Waals surface area contributed by atoms with Crippen molar-refractivity contribution in [2.24, 2.45) is 0 Å². The minimum absolute atomic E-state index is 0.153. The van der Waals surface area contributed by atoms with E-state index in [0.717, 1.165) is 30.5 Å². The van der Waals surface area contributed by atoms with Crippen LogP contribution in [0.3, 0.4) is 0 Å². The predicted molar refractivity (Wildman–Crippen MR) is 63.8 cm³/mol. The Hall–Kier alpha value is -1.09. The molecule has 0 fully saturated rings. The topological polar surface area (TPSA) is 31.2 Å². The number of methoxy groups -OCH3 is 1. The lowest BCUT2D eigenvalue weighted by atomic mass is 9.98. The average molecular weight is 221 g/mol. The number of aryl methyl sites for hydroxylation is 1. The molecule has 0 unspecified atom stereocenters. The fraction of sp³-hybridized carbons (Fsp3) is 0.615. The third-order valence-electron chi connectivity index (χ3n) is 3.25. The van der Waals surface area contributed by atoms with E-state index in [0.29, 0.717) is 12.5 Å². The maximum atomic E-state index is 12.3. The number of hydrogen-bond donors (Lipinski definition) is 0. The Balaban J connectivity index is 2.60. The summed E-state index contributed by atoms with van der Waals surface area (Å²) in [6.07, 6.45) is 2.12. The molecule has 1 aromatic rings. The van der Waals surface area contributed by atoms with Gasteiger partial charge in [0, 0.05) is 24.9 Å². The van der Waals surface area contributed by atoms with Crippen LogP contribution < -0.4 is 5.56 Å². The van der Waals surface area contributed by atoms with E-state index in [1.165, 1.54) is 5.69 Å².